The van der Waals surface area contributed by atoms with Crippen molar-refractivity contribution >= 4 is 40.1 Å². The molecule has 0 fully saturated rings. The summed E-state index contributed by atoms with van der Waals surface area (Å²) in [6, 6.07) is 14.3. The van der Waals surface area contributed by atoms with E-state index in [0.29, 0.717) is 16.3 Å². The first-order valence-electron chi connectivity index (χ1n) is 7.31. The first-order valence-corrected chi connectivity index (χ1v) is 7.69. The highest BCUT2D eigenvalue weighted by Crippen LogP contribution is 2.21. The molecule has 2 aromatic carbocycles. The second-order valence-corrected chi connectivity index (χ2v) is 5.74. The summed E-state index contributed by atoms with van der Waals surface area (Å²) in [4.78, 5) is 24.1. The van der Waals surface area contributed by atoms with Crippen LogP contribution in [0.5, 0.6) is 0 Å². The molecule has 0 unspecified atom stereocenters. The molecule has 3 rings (SSSR count). The maximum absolute atomic E-state index is 12.2. The van der Waals surface area contributed by atoms with Gasteiger partial charge in [0.25, 0.3) is 5.91 Å². The standard InChI is InChI=1S/C18H15ClN2O3/c1-21-10-15(14-7-2-3-8-16(14)21)18(23)24-11-17(22)20-13-6-4-5-12(19)9-13/h2-10H,11H2,1H3,(H,20,22). The zero-order valence-corrected chi connectivity index (χ0v) is 13.7. The Morgan fingerprint density at radius 2 is 1.96 bits per heavy atom. The minimum atomic E-state index is -0.534. The lowest BCUT2D eigenvalue weighted by atomic mass is 10.2. The fourth-order valence-corrected chi connectivity index (χ4v) is 2.67. The van der Waals surface area contributed by atoms with Crippen molar-refractivity contribution in [3.63, 3.8) is 0 Å². The van der Waals surface area contributed by atoms with Gasteiger partial charge in [-0.2, -0.15) is 0 Å². The van der Waals surface area contributed by atoms with Crippen molar-refractivity contribution in [1.82, 2.24) is 4.57 Å². The summed E-state index contributed by atoms with van der Waals surface area (Å²) >= 11 is 5.85. The van der Waals surface area contributed by atoms with Gasteiger partial charge in [-0.05, 0) is 24.3 Å². The lowest BCUT2D eigenvalue weighted by Crippen LogP contribution is -2.20. The number of hydrogen-bond donors (Lipinski definition) is 1. The molecule has 0 spiro atoms. The first kappa shape index (κ1) is 16.1. The van der Waals surface area contributed by atoms with Gasteiger partial charge in [-0.15, -0.1) is 0 Å². The molecule has 1 amide bonds. The number of ether oxygens (including phenoxy) is 1. The van der Waals surface area contributed by atoms with E-state index in [0.717, 1.165) is 10.9 Å². The molecule has 5 nitrogen and oxygen atoms in total. The summed E-state index contributed by atoms with van der Waals surface area (Å²) in [5.41, 5.74) is 1.91. The average Bonchev–Trinajstić information content (AvgIpc) is 2.90. The Hall–Kier alpha value is -2.79. The van der Waals surface area contributed by atoms with E-state index >= 15 is 0 Å². The molecule has 0 atom stereocenters. The smallest absolute Gasteiger partial charge is 0.340 e. The van der Waals surface area contributed by atoms with E-state index < -0.39 is 11.9 Å². The van der Waals surface area contributed by atoms with E-state index in [1.54, 1.807) is 30.5 Å². The first-order chi connectivity index (χ1) is 11.5. The van der Waals surface area contributed by atoms with Crippen LogP contribution in [0.1, 0.15) is 10.4 Å². The van der Waals surface area contributed by atoms with Gasteiger partial charge >= 0.3 is 5.97 Å². The third-order valence-electron chi connectivity index (χ3n) is 3.56. The molecule has 24 heavy (non-hydrogen) atoms. The zero-order valence-electron chi connectivity index (χ0n) is 13.0. The molecule has 0 aliphatic heterocycles. The molecular weight excluding hydrogens is 328 g/mol. The van der Waals surface area contributed by atoms with Crippen LogP contribution in [0.25, 0.3) is 10.9 Å². The number of rotatable bonds is 4. The summed E-state index contributed by atoms with van der Waals surface area (Å²) < 4.78 is 6.96. The highest BCUT2D eigenvalue weighted by atomic mass is 35.5. The van der Waals surface area contributed by atoms with Gasteiger partial charge in [0.2, 0.25) is 0 Å². The number of carbonyl (C=O) groups excluding carboxylic acids is 2. The van der Waals surface area contributed by atoms with E-state index in [1.165, 1.54) is 0 Å². The molecule has 0 radical (unpaired) electrons. The highest BCUT2D eigenvalue weighted by molar-refractivity contribution is 6.30. The van der Waals surface area contributed by atoms with Crippen molar-refractivity contribution in [2.45, 2.75) is 0 Å². The average molecular weight is 343 g/mol. The molecule has 0 saturated carbocycles. The molecule has 3 aromatic rings. The second-order valence-electron chi connectivity index (χ2n) is 5.31. The number of benzene rings is 2. The largest absolute Gasteiger partial charge is 0.452 e. The number of aryl methyl sites for hydroxylation is 1. The van der Waals surface area contributed by atoms with Crippen molar-refractivity contribution in [3.8, 4) is 0 Å². The molecule has 0 aliphatic carbocycles. The van der Waals surface area contributed by atoms with Crippen LogP contribution in [0.3, 0.4) is 0 Å². The minimum absolute atomic E-state index is 0.367. The van der Waals surface area contributed by atoms with Crippen LogP contribution in [0.4, 0.5) is 5.69 Å². The molecule has 0 saturated heterocycles. The third-order valence-corrected chi connectivity index (χ3v) is 3.79. The number of hydrogen-bond acceptors (Lipinski definition) is 3. The van der Waals surface area contributed by atoms with Crippen LogP contribution in [0, 0.1) is 0 Å². The summed E-state index contributed by atoms with van der Waals surface area (Å²) in [5, 5.41) is 3.93. The number of anilines is 1. The number of esters is 1. The van der Waals surface area contributed by atoms with Crippen LogP contribution in [-0.4, -0.2) is 23.1 Å². The number of nitrogens with zero attached hydrogens (tertiary/aromatic N) is 1. The van der Waals surface area contributed by atoms with E-state index in [2.05, 4.69) is 5.32 Å². The Morgan fingerprint density at radius 3 is 2.75 bits per heavy atom. The van der Waals surface area contributed by atoms with Crippen LogP contribution in [0.2, 0.25) is 5.02 Å². The summed E-state index contributed by atoms with van der Waals surface area (Å²) in [6.45, 7) is -0.367. The molecule has 0 aliphatic rings. The molecule has 122 valence electrons. The Labute approximate surface area is 143 Å². The van der Waals surface area contributed by atoms with E-state index in [1.807, 2.05) is 35.9 Å². The van der Waals surface area contributed by atoms with Crippen molar-refractivity contribution < 1.29 is 14.3 Å². The van der Waals surface area contributed by atoms with E-state index in [-0.39, 0.29) is 6.61 Å². The van der Waals surface area contributed by atoms with Crippen molar-refractivity contribution in [2.24, 2.45) is 7.05 Å². The van der Waals surface area contributed by atoms with Gasteiger partial charge in [0.1, 0.15) is 0 Å². The number of carbonyl (C=O) groups is 2. The Bertz CT molecular complexity index is 918. The van der Waals surface area contributed by atoms with Crippen LogP contribution >= 0.6 is 11.6 Å². The third kappa shape index (κ3) is 3.41. The second kappa shape index (κ2) is 6.76. The number of para-hydroxylation sites is 1. The fraction of sp³-hybridized carbons (Fsp3) is 0.111. The molecular formula is C18H15ClN2O3. The number of amides is 1. The molecule has 1 aromatic heterocycles. The normalized spacial score (nSPS) is 10.6. The quantitative estimate of drug-likeness (QED) is 0.736. The van der Waals surface area contributed by atoms with Crippen LogP contribution in [-0.2, 0) is 16.6 Å². The topological polar surface area (TPSA) is 60.3 Å². The number of nitrogens with one attached hydrogen (secondary N) is 1. The maximum Gasteiger partial charge on any atom is 0.340 e. The Kier molecular flexibility index (Phi) is 4.53. The van der Waals surface area contributed by atoms with E-state index in [4.69, 9.17) is 16.3 Å². The predicted molar refractivity (Wildman–Crippen MR) is 93.3 cm³/mol. The van der Waals surface area contributed by atoms with Gasteiger partial charge in [-0.25, -0.2) is 4.79 Å². The van der Waals surface area contributed by atoms with Gasteiger partial charge in [0.15, 0.2) is 6.61 Å². The number of halogens is 1. The summed E-state index contributed by atoms with van der Waals surface area (Å²) in [6.07, 6.45) is 1.70. The van der Waals surface area contributed by atoms with Crippen molar-refractivity contribution in [2.75, 3.05) is 11.9 Å². The highest BCUT2D eigenvalue weighted by Gasteiger charge is 2.16. The fourth-order valence-electron chi connectivity index (χ4n) is 2.48. The Morgan fingerprint density at radius 1 is 1.17 bits per heavy atom. The van der Waals surface area contributed by atoms with Gasteiger partial charge < -0.3 is 14.6 Å². The van der Waals surface area contributed by atoms with Gasteiger partial charge in [-0.3, -0.25) is 4.79 Å². The SMILES string of the molecule is Cn1cc(C(=O)OCC(=O)Nc2cccc(Cl)c2)c2ccccc21. The number of fused-ring (bicyclic) bond motifs is 1. The lowest BCUT2D eigenvalue weighted by molar-refractivity contribution is -0.119. The molecule has 6 heteroatoms. The van der Waals surface area contributed by atoms with E-state index in [9.17, 15) is 9.59 Å². The summed E-state index contributed by atoms with van der Waals surface area (Å²) in [5.74, 6) is -0.959. The maximum atomic E-state index is 12.2. The van der Waals surface area contributed by atoms with Crippen LogP contribution < -0.4 is 5.32 Å². The molecule has 1 heterocycles. The molecule has 1 N–H and O–H groups in total. The zero-order chi connectivity index (χ0) is 17.1. The summed E-state index contributed by atoms with van der Waals surface area (Å²) in [7, 11) is 1.85. The molecule has 0 bridgehead atoms. The van der Waals surface area contributed by atoms with Gasteiger partial charge in [-0.1, -0.05) is 35.9 Å². The predicted octanol–water partition coefficient (Wildman–Crippen LogP) is 3.63. The number of aromatic nitrogens is 1. The van der Waals surface area contributed by atoms with Gasteiger partial charge in [0.05, 0.1) is 5.56 Å². The van der Waals surface area contributed by atoms with Crippen molar-refractivity contribution in [3.05, 3.63) is 65.3 Å². The lowest BCUT2D eigenvalue weighted by Gasteiger charge is -2.06. The van der Waals surface area contributed by atoms with Crippen LogP contribution in [0.15, 0.2) is 54.7 Å². The Balaban J connectivity index is 1.65. The monoisotopic (exact) mass is 342 g/mol. The minimum Gasteiger partial charge on any atom is -0.452 e. The van der Waals surface area contributed by atoms with Gasteiger partial charge in [0, 0.05) is 34.9 Å². The van der Waals surface area contributed by atoms with Crippen molar-refractivity contribution in [1.29, 1.82) is 0 Å².